The Bertz CT molecular complexity index is 219. The van der Waals surface area contributed by atoms with Gasteiger partial charge in [0.15, 0.2) is 0 Å². The molecule has 0 saturated heterocycles. The highest BCUT2D eigenvalue weighted by atomic mass is 127. The van der Waals surface area contributed by atoms with Gasteiger partial charge in [0.1, 0.15) is 6.67 Å². The zero-order chi connectivity index (χ0) is 7.56. The molecule has 1 aromatic heterocycles. The molecule has 1 heterocycles. The first kappa shape index (κ1) is 8.04. The van der Waals surface area contributed by atoms with E-state index < -0.39 is 0 Å². The summed E-state index contributed by atoms with van der Waals surface area (Å²) in [5.41, 5.74) is 1.15. The Morgan fingerprint density at radius 2 is 2.40 bits per heavy atom. The molecule has 0 aliphatic heterocycles. The van der Waals surface area contributed by atoms with Crippen LogP contribution in [0.15, 0.2) is 12.3 Å². The van der Waals surface area contributed by atoms with Crippen LogP contribution in [0.4, 0.5) is 4.39 Å². The van der Waals surface area contributed by atoms with Crippen molar-refractivity contribution in [1.82, 2.24) is 4.57 Å². The summed E-state index contributed by atoms with van der Waals surface area (Å²) in [5.74, 6) is 0. The first-order valence-electron chi connectivity index (χ1n) is 3.13. The average Bonchev–Trinajstić information content (AvgIpc) is 2.20. The van der Waals surface area contributed by atoms with Crippen molar-refractivity contribution in [3.63, 3.8) is 0 Å². The average molecular weight is 253 g/mol. The zero-order valence-corrected chi connectivity index (χ0v) is 7.93. The van der Waals surface area contributed by atoms with E-state index in [9.17, 15) is 4.39 Å². The monoisotopic (exact) mass is 253 g/mol. The summed E-state index contributed by atoms with van der Waals surface area (Å²) in [7, 11) is 0. The van der Waals surface area contributed by atoms with Gasteiger partial charge in [-0.25, -0.2) is 4.39 Å². The van der Waals surface area contributed by atoms with Gasteiger partial charge in [-0.15, -0.1) is 0 Å². The molecule has 56 valence electrons. The molecule has 0 unspecified atom stereocenters. The van der Waals surface area contributed by atoms with E-state index in [4.69, 9.17) is 0 Å². The largest absolute Gasteiger partial charge is 0.348 e. The molecular weight excluding hydrogens is 244 g/mol. The van der Waals surface area contributed by atoms with Crippen molar-refractivity contribution in [1.29, 1.82) is 0 Å². The van der Waals surface area contributed by atoms with Gasteiger partial charge in [0.25, 0.3) is 0 Å². The fourth-order valence-electron chi connectivity index (χ4n) is 0.858. The smallest absolute Gasteiger partial charge is 0.107 e. The molecule has 3 heteroatoms. The molecule has 0 aromatic carbocycles. The van der Waals surface area contributed by atoms with Crippen LogP contribution >= 0.6 is 22.6 Å². The van der Waals surface area contributed by atoms with Gasteiger partial charge in [-0.05, 0) is 35.6 Å². The zero-order valence-electron chi connectivity index (χ0n) is 5.77. The van der Waals surface area contributed by atoms with Gasteiger partial charge < -0.3 is 4.57 Å². The molecule has 0 aliphatic rings. The van der Waals surface area contributed by atoms with Crippen LogP contribution in [0, 0.1) is 10.5 Å². The van der Waals surface area contributed by atoms with Gasteiger partial charge in [0.05, 0.1) is 6.54 Å². The number of alkyl halides is 1. The first-order valence-corrected chi connectivity index (χ1v) is 4.21. The molecule has 0 N–H and O–H groups in total. The van der Waals surface area contributed by atoms with E-state index in [0.717, 1.165) is 5.69 Å². The van der Waals surface area contributed by atoms with Crippen molar-refractivity contribution in [2.75, 3.05) is 6.67 Å². The molecule has 0 amide bonds. The molecule has 0 bridgehead atoms. The second kappa shape index (κ2) is 3.37. The summed E-state index contributed by atoms with van der Waals surface area (Å²) in [6.07, 6.45) is 1.91. The minimum absolute atomic E-state index is 0.286. The number of aromatic nitrogens is 1. The molecule has 0 saturated carbocycles. The topological polar surface area (TPSA) is 4.93 Å². The molecule has 0 fully saturated rings. The maximum Gasteiger partial charge on any atom is 0.107 e. The Morgan fingerprint density at radius 3 is 2.80 bits per heavy atom. The third-order valence-electron chi connectivity index (χ3n) is 1.50. The van der Waals surface area contributed by atoms with Crippen LogP contribution in [-0.4, -0.2) is 11.2 Å². The van der Waals surface area contributed by atoms with Gasteiger partial charge >= 0.3 is 0 Å². The molecule has 10 heavy (non-hydrogen) atoms. The lowest BCUT2D eigenvalue weighted by Crippen LogP contribution is -1.99. The fourth-order valence-corrected chi connectivity index (χ4v) is 1.33. The summed E-state index contributed by atoms with van der Waals surface area (Å²) in [6, 6.07) is 1.99. The molecule has 1 rings (SSSR count). The summed E-state index contributed by atoms with van der Waals surface area (Å²) < 4.78 is 15.0. The van der Waals surface area contributed by atoms with E-state index in [1.165, 1.54) is 3.57 Å². The minimum Gasteiger partial charge on any atom is -0.348 e. The van der Waals surface area contributed by atoms with E-state index in [2.05, 4.69) is 22.6 Å². The van der Waals surface area contributed by atoms with Crippen molar-refractivity contribution in [2.45, 2.75) is 13.5 Å². The molecule has 0 radical (unpaired) electrons. The van der Waals surface area contributed by atoms with Crippen molar-refractivity contribution in [3.8, 4) is 0 Å². The highest BCUT2D eigenvalue weighted by Gasteiger charge is 1.99. The van der Waals surface area contributed by atoms with E-state index in [1.54, 1.807) is 0 Å². The molecule has 1 nitrogen and oxygen atoms in total. The lowest BCUT2D eigenvalue weighted by atomic mass is 10.5. The van der Waals surface area contributed by atoms with Crippen LogP contribution in [0.5, 0.6) is 0 Å². The number of hydrogen-bond acceptors (Lipinski definition) is 0. The lowest BCUT2D eigenvalue weighted by Gasteiger charge is -2.00. The summed E-state index contributed by atoms with van der Waals surface area (Å²) >= 11 is 2.24. The predicted molar refractivity (Wildman–Crippen MR) is 47.9 cm³/mol. The molecule has 0 aliphatic carbocycles. The third kappa shape index (κ3) is 1.51. The molecule has 0 atom stereocenters. The second-order valence-corrected chi connectivity index (χ2v) is 3.29. The maximum atomic E-state index is 11.8. The van der Waals surface area contributed by atoms with E-state index in [0.29, 0.717) is 6.54 Å². The van der Waals surface area contributed by atoms with E-state index in [1.807, 2.05) is 23.8 Å². The summed E-state index contributed by atoms with van der Waals surface area (Å²) in [4.78, 5) is 0. The summed E-state index contributed by atoms with van der Waals surface area (Å²) in [5, 5.41) is 0. The van der Waals surface area contributed by atoms with Crippen LogP contribution in [0.3, 0.4) is 0 Å². The van der Waals surface area contributed by atoms with Crippen molar-refractivity contribution >= 4 is 22.6 Å². The molecular formula is C7H9FIN. The first-order chi connectivity index (χ1) is 4.75. The number of aryl methyl sites for hydroxylation is 1. The normalized spacial score (nSPS) is 10.3. The van der Waals surface area contributed by atoms with Crippen molar-refractivity contribution in [3.05, 3.63) is 21.5 Å². The molecule has 1 aromatic rings. The predicted octanol–water partition coefficient (Wildman–Crippen LogP) is 2.37. The highest BCUT2D eigenvalue weighted by molar-refractivity contribution is 14.1. The van der Waals surface area contributed by atoms with Gasteiger partial charge in [-0.2, -0.15) is 0 Å². The second-order valence-electron chi connectivity index (χ2n) is 2.13. The van der Waals surface area contributed by atoms with Gasteiger partial charge in [-0.3, -0.25) is 0 Å². The Balaban J connectivity index is 2.83. The maximum absolute atomic E-state index is 11.8. The van der Waals surface area contributed by atoms with Crippen LogP contribution in [0.2, 0.25) is 0 Å². The molecule has 0 spiro atoms. The van der Waals surface area contributed by atoms with Crippen LogP contribution in [0.25, 0.3) is 0 Å². The quantitative estimate of drug-likeness (QED) is 0.713. The Labute approximate surface area is 73.4 Å². The standard InChI is InChI=1S/C7H9FIN/c1-6-7(9)2-4-10(6)5-3-8/h2,4H,3,5H2,1H3. The van der Waals surface area contributed by atoms with Gasteiger partial charge in [0.2, 0.25) is 0 Å². The van der Waals surface area contributed by atoms with Crippen LogP contribution in [0.1, 0.15) is 5.69 Å². The number of halogens is 2. The van der Waals surface area contributed by atoms with E-state index in [-0.39, 0.29) is 6.67 Å². The Hall–Kier alpha value is -0.0600. The summed E-state index contributed by atoms with van der Waals surface area (Å²) in [6.45, 7) is 2.19. The van der Waals surface area contributed by atoms with Gasteiger partial charge in [-0.1, -0.05) is 0 Å². The van der Waals surface area contributed by atoms with Crippen LogP contribution in [-0.2, 0) is 6.54 Å². The van der Waals surface area contributed by atoms with Crippen molar-refractivity contribution in [2.24, 2.45) is 0 Å². The third-order valence-corrected chi connectivity index (χ3v) is 2.64. The lowest BCUT2D eigenvalue weighted by molar-refractivity contribution is 0.443. The SMILES string of the molecule is Cc1c(I)ccn1CCF. The number of nitrogens with zero attached hydrogens (tertiary/aromatic N) is 1. The Morgan fingerprint density at radius 1 is 1.70 bits per heavy atom. The number of rotatable bonds is 2. The number of hydrogen-bond donors (Lipinski definition) is 0. The fraction of sp³-hybridized carbons (Fsp3) is 0.429. The van der Waals surface area contributed by atoms with Crippen LogP contribution < -0.4 is 0 Å². The van der Waals surface area contributed by atoms with Crippen molar-refractivity contribution < 1.29 is 4.39 Å². The Kier molecular flexibility index (Phi) is 2.71. The minimum atomic E-state index is -0.286. The van der Waals surface area contributed by atoms with Gasteiger partial charge in [0, 0.05) is 15.5 Å². The van der Waals surface area contributed by atoms with E-state index >= 15 is 0 Å². The highest BCUT2D eigenvalue weighted by Crippen LogP contribution is 2.11.